The second-order valence-corrected chi connectivity index (χ2v) is 4.45. The summed E-state index contributed by atoms with van der Waals surface area (Å²) < 4.78 is 5.79. The maximum Gasteiger partial charge on any atom is 0.130 e. The van der Waals surface area contributed by atoms with Crippen molar-refractivity contribution in [3.8, 4) is 11.5 Å². The molecule has 0 saturated carbocycles. The molecule has 2 aromatic carbocycles. The lowest BCUT2D eigenvalue weighted by Crippen LogP contribution is -1.91. The van der Waals surface area contributed by atoms with Gasteiger partial charge in [0.2, 0.25) is 0 Å². The van der Waals surface area contributed by atoms with E-state index in [4.69, 9.17) is 22.1 Å². The lowest BCUT2D eigenvalue weighted by molar-refractivity contribution is 0.478. The van der Waals surface area contributed by atoms with Crippen LogP contribution in [0, 0.1) is 13.8 Å². The van der Waals surface area contributed by atoms with Gasteiger partial charge in [0.15, 0.2) is 0 Å². The van der Waals surface area contributed by atoms with Crippen molar-refractivity contribution in [2.45, 2.75) is 13.8 Å². The summed E-state index contributed by atoms with van der Waals surface area (Å²) >= 11 is 5.96. The van der Waals surface area contributed by atoms with Crippen LogP contribution in [0.4, 0.5) is 5.69 Å². The van der Waals surface area contributed by atoms with Crippen molar-refractivity contribution in [3.05, 3.63) is 52.5 Å². The molecule has 0 aliphatic heterocycles. The molecular weight excluding hydrogens is 234 g/mol. The summed E-state index contributed by atoms with van der Waals surface area (Å²) in [4.78, 5) is 0. The first-order chi connectivity index (χ1) is 8.06. The molecule has 0 spiro atoms. The number of benzene rings is 2. The van der Waals surface area contributed by atoms with E-state index >= 15 is 0 Å². The quantitative estimate of drug-likeness (QED) is 0.802. The first-order valence-corrected chi connectivity index (χ1v) is 5.74. The SMILES string of the molecule is Cc1cc(Oc2ccc(N)cc2C)ccc1Cl. The Balaban J connectivity index is 2.28. The van der Waals surface area contributed by atoms with Crippen LogP contribution in [0.1, 0.15) is 11.1 Å². The van der Waals surface area contributed by atoms with E-state index in [2.05, 4.69) is 0 Å². The average molecular weight is 248 g/mol. The van der Waals surface area contributed by atoms with Gasteiger partial charge in [-0.2, -0.15) is 0 Å². The predicted molar refractivity (Wildman–Crippen MR) is 71.9 cm³/mol. The van der Waals surface area contributed by atoms with Gasteiger partial charge in [0.05, 0.1) is 0 Å². The van der Waals surface area contributed by atoms with Crippen molar-refractivity contribution >= 4 is 17.3 Å². The second kappa shape index (κ2) is 4.68. The molecule has 0 heterocycles. The molecule has 0 radical (unpaired) electrons. The highest BCUT2D eigenvalue weighted by atomic mass is 35.5. The Morgan fingerprint density at radius 1 is 1.00 bits per heavy atom. The topological polar surface area (TPSA) is 35.2 Å². The highest BCUT2D eigenvalue weighted by molar-refractivity contribution is 6.31. The summed E-state index contributed by atoms with van der Waals surface area (Å²) in [6.07, 6.45) is 0. The Kier molecular flexibility index (Phi) is 3.25. The van der Waals surface area contributed by atoms with Crippen molar-refractivity contribution in [1.82, 2.24) is 0 Å². The Bertz CT molecular complexity index is 552. The molecule has 3 heteroatoms. The lowest BCUT2D eigenvalue weighted by Gasteiger charge is -2.10. The van der Waals surface area contributed by atoms with E-state index in [0.29, 0.717) is 0 Å². The molecule has 2 N–H and O–H groups in total. The van der Waals surface area contributed by atoms with Crippen LogP contribution in [-0.4, -0.2) is 0 Å². The summed E-state index contributed by atoms with van der Waals surface area (Å²) in [7, 11) is 0. The standard InChI is InChI=1S/C14H14ClNO/c1-9-8-12(4-5-13(9)15)17-14-6-3-11(16)7-10(14)2/h3-8H,16H2,1-2H3. The highest BCUT2D eigenvalue weighted by Gasteiger charge is 2.03. The first kappa shape index (κ1) is 11.8. The van der Waals surface area contributed by atoms with Gasteiger partial charge in [-0.3, -0.25) is 0 Å². The first-order valence-electron chi connectivity index (χ1n) is 5.36. The second-order valence-electron chi connectivity index (χ2n) is 4.04. The van der Waals surface area contributed by atoms with Crippen LogP contribution in [-0.2, 0) is 0 Å². The van der Waals surface area contributed by atoms with Crippen LogP contribution in [0.25, 0.3) is 0 Å². The third-order valence-electron chi connectivity index (χ3n) is 2.56. The summed E-state index contributed by atoms with van der Waals surface area (Å²) in [6, 6.07) is 11.2. The molecule has 2 nitrogen and oxygen atoms in total. The lowest BCUT2D eigenvalue weighted by atomic mass is 10.2. The number of rotatable bonds is 2. The van der Waals surface area contributed by atoms with Crippen LogP contribution in [0.3, 0.4) is 0 Å². The number of nitrogens with two attached hydrogens (primary N) is 1. The van der Waals surface area contributed by atoms with Gasteiger partial charge in [0.1, 0.15) is 11.5 Å². The van der Waals surface area contributed by atoms with E-state index < -0.39 is 0 Å². The maximum absolute atomic E-state index is 5.96. The van der Waals surface area contributed by atoms with Crippen molar-refractivity contribution in [2.75, 3.05) is 5.73 Å². The van der Waals surface area contributed by atoms with Gasteiger partial charge in [-0.15, -0.1) is 0 Å². The van der Waals surface area contributed by atoms with Crippen molar-refractivity contribution in [1.29, 1.82) is 0 Å². The molecule has 17 heavy (non-hydrogen) atoms. The van der Waals surface area contributed by atoms with Gasteiger partial charge >= 0.3 is 0 Å². The van der Waals surface area contributed by atoms with E-state index in [1.165, 1.54) is 0 Å². The molecule has 2 rings (SSSR count). The molecule has 0 amide bonds. The minimum Gasteiger partial charge on any atom is -0.457 e. The average Bonchev–Trinajstić information content (AvgIpc) is 2.27. The third-order valence-corrected chi connectivity index (χ3v) is 2.98. The van der Waals surface area contributed by atoms with Gasteiger partial charge in [0.25, 0.3) is 0 Å². The van der Waals surface area contributed by atoms with E-state index in [1.54, 1.807) is 0 Å². The van der Waals surface area contributed by atoms with Crippen LogP contribution in [0.2, 0.25) is 5.02 Å². The van der Waals surface area contributed by atoms with Crippen molar-refractivity contribution in [2.24, 2.45) is 0 Å². The number of halogens is 1. The number of hydrogen-bond acceptors (Lipinski definition) is 2. The van der Waals surface area contributed by atoms with E-state index in [9.17, 15) is 0 Å². The molecule has 2 aromatic rings. The Morgan fingerprint density at radius 3 is 2.41 bits per heavy atom. The third kappa shape index (κ3) is 2.71. The predicted octanol–water partition coefficient (Wildman–Crippen LogP) is 4.33. The monoisotopic (exact) mass is 247 g/mol. The molecule has 0 bridgehead atoms. The number of aryl methyl sites for hydroxylation is 2. The Labute approximate surface area is 106 Å². The molecule has 0 atom stereocenters. The largest absolute Gasteiger partial charge is 0.457 e. The normalized spacial score (nSPS) is 10.3. The molecular formula is C14H14ClNO. The molecule has 0 aromatic heterocycles. The zero-order chi connectivity index (χ0) is 12.4. The Hall–Kier alpha value is -1.67. The Morgan fingerprint density at radius 2 is 1.76 bits per heavy atom. The zero-order valence-electron chi connectivity index (χ0n) is 9.83. The van der Waals surface area contributed by atoms with Gasteiger partial charge in [-0.05, 0) is 61.4 Å². The minimum absolute atomic E-state index is 0.738. The van der Waals surface area contributed by atoms with Crippen LogP contribution < -0.4 is 10.5 Å². The zero-order valence-corrected chi connectivity index (χ0v) is 10.6. The molecule has 0 unspecified atom stereocenters. The highest BCUT2D eigenvalue weighted by Crippen LogP contribution is 2.28. The maximum atomic E-state index is 5.96. The van der Waals surface area contributed by atoms with Crippen LogP contribution in [0.15, 0.2) is 36.4 Å². The van der Waals surface area contributed by atoms with Gasteiger partial charge in [0, 0.05) is 10.7 Å². The fourth-order valence-electron chi connectivity index (χ4n) is 1.59. The van der Waals surface area contributed by atoms with Gasteiger partial charge in [-0.1, -0.05) is 11.6 Å². The summed E-state index contributed by atoms with van der Waals surface area (Å²) in [6.45, 7) is 3.92. The fourth-order valence-corrected chi connectivity index (χ4v) is 1.71. The van der Waals surface area contributed by atoms with E-state index in [0.717, 1.165) is 33.3 Å². The fraction of sp³-hybridized carbons (Fsp3) is 0.143. The molecule has 0 aliphatic carbocycles. The number of nitrogen functional groups attached to an aromatic ring is 1. The van der Waals surface area contributed by atoms with Crippen LogP contribution in [0.5, 0.6) is 11.5 Å². The number of hydrogen-bond donors (Lipinski definition) is 1. The van der Waals surface area contributed by atoms with Crippen molar-refractivity contribution < 1.29 is 4.74 Å². The molecule has 88 valence electrons. The number of anilines is 1. The summed E-state index contributed by atoms with van der Waals surface area (Å²) in [5, 5.41) is 0.742. The van der Waals surface area contributed by atoms with E-state index in [-0.39, 0.29) is 0 Å². The summed E-state index contributed by atoms with van der Waals surface area (Å²) in [5.41, 5.74) is 8.44. The van der Waals surface area contributed by atoms with E-state index in [1.807, 2.05) is 50.2 Å². The summed E-state index contributed by atoms with van der Waals surface area (Å²) in [5.74, 6) is 1.58. The van der Waals surface area contributed by atoms with Crippen molar-refractivity contribution in [3.63, 3.8) is 0 Å². The van der Waals surface area contributed by atoms with Crippen LogP contribution >= 0.6 is 11.6 Å². The minimum atomic E-state index is 0.738. The van der Waals surface area contributed by atoms with Gasteiger partial charge < -0.3 is 10.5 Å². The van der Waals surface area contributed by atoms with Gasteiger partial charge in [-0.25, -0.2) is 0 Å². The number of ether oxygens (including phenoxy) is 1. The smallest absolute Gasteiger partial charge is 0.130 e. The molecule has 0 fully saturated rings. The molecule has 0 saturated heterocycles. The molecule has 0 aliphatic rings.